The Kier molecular flexibility index (Phi) is 5.55. The molecule has 3 heteroatoms. The summed E-state index contributed by atoms with van der Waals surface area (Å²) >= 11 is 0. The molecule has 1 aromatic carbocycles. The van der Waals surface area contributed by atoms with E-state index in [2.05, 4.69) is 38.2 Å². The quantitative estimate of drug-likeness (QED) is 0.857. The van der Waals surface area contributed by atoms with Crippen LogP contribution in [0.5, 0.6) is 0 Å². The molecule has 3 N–H and O–H groups in total. The zero-order valence-electron chi connectivity index (χ0n) is 12.4. The van der Waals surface area contributed by atoms with E-state index in [1.807, 2.05) is 25.1 Å². The van der Waals surface area contributed by atoms with Crippen LogP contribution in [0, 0.1) is 11.3 Å². The fourth-order valence-corrected chi connectivity index (χ4v) is 2.07. The lowest BCUT2D eigenvalue weighted by molar-refractivity contribution is -0.123. The molecule has 0 aromatic heterocycles. The predicted molar refractivity (Wildman–Crippen MR) is 79.6 cm³/mol. The van der Waals surface area contributed by atoms with Crippen LogP contribution in [-0.2, 0) is 4.79 Å². The highest BCUT2D eigenvalue weighted by molar-refractivity contribution is 5.76. The van der Waals surface area contributed by atoms with Crippen LogP contribution in [0.4, 0.5) is 0 Å². The number of hydrogen-bond acceptors (Lipinski definition) is 2. The maximum absolute atomic E-state index is 12.1. The van der Waals surface area contributed by atoms with Gasteiger partial charge in [-0.2, -0.15) is 0 Å². The monoisotopic (exact) mass is 262 g/mol. The van der Waals surface area contributed by atoms with Crippen LogP contribution in [0.3, 0.4) is 0 Å². The number of benzene rings is 1. The molecule has 1 rings (SSSR count). The summed E-state index contributed by atoms with van der Waals surface area (Å²) in [4.78, 5) is 12.1. The number of hydrogen-bond donors (Lipinski definition) is 2. The van der Waals surface area contributed by atoms with E-state index >= 15 is 0 Å². The Labute approximate surface area is 116 Å². The molecular weight excluding hydrogens is 236 g/mol. The van der Waals surface area contributed by atoms with Gasteiger partial charge in [0.25, 0.3) is 0 Å². The molecule has 2 unspecified atom stereocenters. The van der Waals surface area contributed by atoms with Gasteiger partial charge < -0.3 is 11.1 Å². The molecule has 0 spiro atoms. The summed E-state index contributed by atoms with van der Waals surface area (Å²) in [6.07, 6.45) is 0.482. The largest absolute Gasteiger partial charge is 0.349 e. The van der Waals surface area contributed by atoms with E-state index in [4.69, 9.17) is 5.73 Å². The number of nitrogens with one attached hydrogen (secondary N) is 1. The summed E-state index contributed by atoms with van der Waals surface area (Å²) in [6, 6.07) is 10.1. The molecule has 1 amide bonds. The van der Waals surface area contributed by atoms with E-state index in [1.54, 1.807) is 0 Å². The maximum atomic E-state index is 12.1. The standard InChI is InChI=1S/C16H26N2O/c1-12(11-17)10-14(19)18-15(16(2,3)4)13-8-6-5-7-9-13/h5-9,12,15H,10-11,17H2,1-4H3,(H,18,19). The van der Waals surface area contributed by atoms with Gasteiger partial charge in [-0.05, 0) is 23.4 Å². The van der Waals surface area contributed by atoms with E-state index < -0.39 is 0 Å². The van der Waals surface area contributed by atoms with Crippen LogP contribution in [0.1, 0.15) is 45.7 Å². The first-order valence-electron chi connectivity index (χ1n) is 6.89. The Bertz CT molecular complexity index is 395. The van der Waals surface area contributed by atoms with Gasteiger partial charge in [0.2, 0.25) is 5.91 Å². The summed E-state index contributed by atoms with van der Waals surface area (Å²) in [5.41, 5.74) is 6.69. The molecule has 106 valence electrons. The minimum atomic E-state index is -0.0248. The Hall–Kier alpha value is -1.35. The molecule has 0 radical (unpaired) electrons. The predicted octanol–water partition coefficient (Wildman–Crippen LogP) is 2.87. The summed E-state index contributed by atoms with van der Waals surface area (Å²) < 4.78 is 0. The molecule has 0 saturated heterocycles. The molecule has 0 aliphatic rings. The number of carbonyl (C=O) groups excluding carboxylic acids is 1. The van der Waals surface area contributed by atoms with Gasteiger partial charge in [0.05, 0.1) is 6.04 Å². The zero-order valence-corrected chi connectivity index (χ0v) is 12.4. The number of carbonyl (C=O) groups is 1. The fourth-order valence-electron chi connectivity index (χ4n) is 2.07. The van der Waals surface area contributed by atoms with Crippen molar-refractivity contribution in [1.82, 2.24) is 5.32 Å². The van der Waals surface area contributed by atoms with Crippen LogP contribution < -0.4 is 11.1 Å². The highest BCUT2D eigenvalue weighted by Gasteiger charge is 2.27. The molecule has 19 heavy (non-hydrogen) atoms. The minimum absolute atomic E-state index is 0.0196. The Morgan fingerprint density at radius 2 is 1.84 bits per heavy atom. The number of nitrogens with two attached hydrogens (primary N) is 1. The van der Waals surface area contributed by atoms with Crippen LogP contribution >= 0.6 is 0 Å². The molecule has 0 aliphatic carbocycles. The van der Waals surface area contributed by atoms with Gasteiger partial charge in [0.15, 0.2) is 0 Å². The van der Waals surface area contributed by atoms with Crippen LogP contribution in [-0.4, -0.2) is 12.5 Å². The summed E-state index contributed by atoms with van der Waals surface area (Å²) in [5, 5.41) is 3.14. The van der Waals surface area contributed by atoms with Crippen molar-refractivity contribution in [3.63, 3.8) is 0 Å². The number of amides is 1. The highest BCUT2D eigenvalue weighted by Crippen LogP contribution is 2.32. The Balaban J connectivity index is 2.80. The molecule has 2 atom stereocenters. The second-order valence-electron chi connectivity index (χ2n) is 6.32. The van der Waals surface area contributed by atoms with E-state index in [0.717, 1.165) is 5.56 Å². The molecule has 0 bridgehead atoms. The fraction of sp³-hybridized carbons (Fsp3) is 0.562. The van der Waals surface area contributed by atoms with Crippen molar-refractivity contribution < 1.29 is 4.79 Å². The zero-order chi connectivity index (χ0) is 14.5. The summed E-state index contributed by atoms with van der Waals surface area (Å²) in [5.74, 6) is 0.290. The van der Waals surface area contributed by atoms with Gasteiger partial charge in [0, 0.05) is 6.42 Å². The second-order valence-corrected chi connectivity index (χ2v) is 6.32. The second kappa shape index (κ2) is 6.71. The average Bonchev–Trinajstić information content (AvgIpc) is 2.35. The van der Waals surface area contributed by atoms with Crippen molar-refractivity contribution in [3.05, 3.63) is 35.9 Å². The van der Waals surface area contributed by atoms with Crippen molar-refractivity contribution in [2.24, 2.45) is 17.1 Å². The molecule has 1 aromatic rings. The van der Waals surface area contributed by atoms with Crippen LogP contribution in [0.25, 0.3) is 0 Å². The third kappa shape index (κ3) is 5.03. The minimum Gasteiger partial charge on any atom is -0.349 e. The number of rotatable bonds is 5. The normalized spacial score (nSPS) is 14.8. The van der Waals surface area contributed by atoms with E-state index in [-0.39, 0.29) is 23.3 Å². The molecular formula is C16H26N2O. The van der Waals surface area contributed by atoms with Gasteiger partial charge in [-0.15, -0.1) is 0 Å². The molecule has 3 nitrogen and oxygen atoms in total. The summed E-state index contributed by atoms with van der Waals surface area (Å²) in [6.45, 7) is 8.94. The lowest BCUT2D eigenvalue weighted by Gasteiger charge is -2.32. The van der Waals surface area contributed by atoms with Crippen molar-refractivity contribution >= 4 is 5.91 Å². The van der Waals surface area contributed by atoms with Gasteiger partial charge in [-0.25, -0.2) is 0 Å². The molecule has 0 heterocycles. The first kappa shape index (κ1) is 15.7. The van der Waals surface area contributed by atoms with E-state index in [1.165, 1.54) is 0 Å². The molecule has 0 aliphatic heterocycles. The lowest BCUT2D eigenvalue weighted by Crippen LogP contribution is -2.37. The van der Waals surface area contributed by atoms with Gasteiger partial charge >= 0.3 is 0 Å². The van der Waals surface area contributed by atoms with Crippen molar-refractivity contribution in [2.75, 3.05) is 6.54 Å². The topological polar surface area (TPSA) is 55.1 Å². The van der Waals surface area contributed by atoms with Crippen molar-refractivity contribution in [3.8, 4) is 0 Å². The Morgan fingerprint density at radius 3 is 2.32 bits per heavy atom. The van der Waals surface area contributed by atoms with Crippen molar-refractivity contribution in [1.29, 1.82) is 0 Å². The third-order valence-electron chi connectivity index (χ3n) is 3.24. The van der Waals surface area contributed by atoms with E-state index in [9.17, 15) is 4.79 Å². The van der Waals surface area contributed by atoms with Gasteiger partial charge in [-0.3, -0.25) is 4.79 Å². The first-order valence-corrected chi connectivity index (χ1v) is 6.89. The summed E-state index contributed by atoms with van der Waals surface area (Å²) in [7, 11) is 0. The van der Waals surface area contributed by atoms with Gasteiger partial charge in [-0.1, -0.05) is 58.0 Å². The Morgan fingerprint density at radius 1 is 1.26 bits per heavy atom. The third-order valence-corrected chi connectivity index (χ3v) is 3.24. The maximum Gasteiger partial charge on any atom is 0.220 e. The average molecular weight is 262 g/mol. The van der Waals surface area contributed by atoms with E-state index in [0.29, 0.717) is 13.0 Å². The van der Waals surface area contributed by atoms with Crippen LogP contribution in [0.2, 0.25) is 0 Å². The lowest BCUT2D eigenvalue weighted by atomic mass is 9.82. The molecule has 0 saturated carbocycles. The van der Waals surface area contributed by atoms with Gasteiger partial charge in [0.1, 0.15) is 0 Å². The SMILES string of the molecule is CC(CN)CC(=O)NC(c1ccccc1)C(C)(C)C. The molecule has 0 fully saturated rings. The van der Waals surface area contributed by atoms with Crippen molar-refractivity contribution in [2.45, 2.75) is 40.2 Å². The first-order chi connectivity index (χ1) is 8.84. The van der Waals surface area contributed by atoms with Crippen LogP contribution in [0.15, 0.2) is 30.3 Å². The smallest absolute Gasteiger partial charge is 0.220 e. The highest BCUT2D eigenvalue weighted by atomic mass is 16.1.